The molecule has 0 atom stereocenters. The van der Waals surface area contributed by atoms with Gasteiger partial charge >= 0.3 is 0 Å². The van der Waals surface area contributed by atoms with E-state index >= 15 is 0 Å². The lowest BCUT2D eigenvalue weighted by Gasteiger charge is -2.34. The van der Waals surface area contributed by atoms with E-state index < -0.39 is 0 Å². The second kappa shape index (κ2) is 9.72. The van der Waals surface area contributed by atoms with Crippen LogP contribution in [0.4, 0.5) is 5.69 Å². The largest absolute Gasteiger partial charge is 0.489 e. The van der Waals surface area contributed by atoms with E-state index in [0.717, 1.165) is 89.5 Å². The van der Waals surface area contributed by atoms with E-state index in [1.807, 2.05) is 30.6 Å². The summed E-state index contributed by atoms with van der Waals surface area (Å²) >= 11 is 0. The van der Waals surface area contributed by atoms with Gasteiger partial charge in [-0.25, -0.2) is 9.97 Å². The van der Waals surface area contributed by atoms with Gasteiger partial charge in [0.05, 0.1) is 29.2 Å². The molecule has 2 fully saturated rings. The molecule has 0 amide bonds. The Labute approximate surface area is 221 Å². The van der Waals surface area contributed by atoms with E-state index in [0.29, 0.717) is 0 Å². The number of nitrogens with one attached hydrogen (secondary N) is 2. The van der Waals surface area contributed by atoms with Gasteiger partial charge in [0.1, 0.15) is 22.6 Å². The van der Waals surface area contributed by atoms with Gasteiger partial charge in [0.25, 0.3) is 0 Å². The summed E-state index contributed by atoms with van der Waals surface area (Å²) in [6.07, 6.45) is 11.8. The molecule has 2 aliphatic rings. The molecular weight excluding hydrogens is 476 g/mol. The van der Waals surface area contributed by atoms with E-state index in [9.17, 15) is 0 Å². The molecule has 0 aromatic carbocycles. The minimum Gasteiger partial charge on any atom is -0.489 e. The SMILES string of the molecule is CN1CCN(c2ccnc3[nH]c(-c4n[nH]c5ccc(-c6cncc(OC7CCCCC7)c6)nc45)cc23)CC1. The number of hydrogen-bond acceptors (Lipinski definition) is 7. The Balaban J connectivity index is 1.22. The second-order valence-corrected chi connectivity index (χ2v) is 10.5. The summed E-state index contributed by atoms with van der Waals surface area (Å²) in [5.74, 6) is 0.807. The minimum atomic E-state index is 0.281. The first-order valence-corrected chi connectivity index (χ1v) is 13.6. The molecule has 1 aliphatic heterocycles. The molecule has 0 unspecified atom stereocenters. The molecule has 0 spiro atoms. The maximum Gasteiger partial charge on any atom is 0.139 e. The zero-order valence-electron chi connectivity index (χ0n) is 21.7. The topological polar surface area (TPSA) is 98.8 Å². The van der Waals surface area contributed by atoms with E-state index in [2.05, 4.69) is 54.1 Å². The smallest absolute Gasteiger partial charge is 0.139 e. The first-order chi connectivity index (χ1) is 18.7. The van der Waals surface area contributed by atoms with Gasteiger partial charge in [-0.1, -0.05) is 6.42 Å². The van der Waals surface area contributed by atoms with Crippen LogP contribution in [0, 0.1) is 0 Å². The van der Waals surface area contributed by atoms with Crippen LogP contribution in [0.1, 0.15) is 32.1 Å². The Kier molecular flexibility index (Phi) is 5.92. The number of hydrogen-bond donors (Lipinski definition) is 2. The number of anilines is 1. The number of aromatic nitrogens is 6. The fraction of sp³-hybridized carbons (Fsp3) is 0.379. The number of likely N-dealkylation sites (N-methyl/N-ethyl adjacent to an activating group) is 1. The number of nitrogens with zero attached hydrogens (tertiary/aromatic N) is 6. The number of fused-ring (bicyclic) bond motifs is 2. The van der Waals surface area contributed by atoms with Crippen molar-refractivity contribution in [2.45, 2.75) is 38.2 Å². The van der Waals surface area contributed by atoms with Crippen molar-refractivity contribution >= 4 is 27.8 Å². The number of rotatable bonds is 5. The summed E-state index contributed by atoms with van der Waals surface area (Å²) in [5.41, 5.74) is 7.23. The van der Waals surface area contributed by atoms with Crippen LogP contribution in [0.15, 0.2) is 48.9 Å². The van der Waals surface area contributed by atoms with Gasteiger partial charge in [-0.3, -0.25) is 10.1 Å². The Morgan fingerprint density at radius 2 is 1.84 bits per heavy atom. The van der Waals surface area contributed by atoms with Crippen LogP contribution in [0.2, 0.25) is 0 Å². The lowest BCUT2D eigenvalue weighted by molar-refractivity contribution is 0.154. The fourth-order valence-electron chi connectivity index (χ4n) is 5.71. The van der Waals surface area contributed by atoms with Gasteiger partial charge in [0.15, 0.2) is 0 Å². The van der Waals surface area contributed by atoms with E-state index in [-0.39, 0.29) is 6.10 Å². The maximum absolute atomic E-state index is 6.26. The van der Waals surface area contributed by atoms with Crippen molar-refractivity contribution in [1.82, 2.24) is 35.0 Å². The molecule has 1 saturated heterocycles. The molecule has 38 heavy (non-hydrogen) atoms. The molecule has 194 valence electrons. The zero-order valence-corrected chi connectivity index (χ0v) is 21.7. The number of ether oxygens (including phenoxy) is 1. The van der Waals surface area contributed by atoms with Crippen molar-refractivity contribution in [3.63, 3.8) is 0 Å². The van der Waals surface area contributed by atoms with Crippen molar-refractivity contribution in [2.24, 2.45) is 0 Å². The number of aromatic amines is 2. The van der Waals surface area contributed by atoms with Crippen molar-refractivity contribution in [3.8, 4) is 28.4 Å². The van der Waals surface area contributed by atoms with Gasteiger partial charge < -0.3 is 19.5 Å². The Hall–Kier alpha value is -3.98. The van der Waals surface area contributed by atoms with Crippen molar-refractivity contribution < 1.29 is 4.74 Å². The molecular formula is C29H32N8O. The van der Waals surface area contributed by atoms with Gasteiger partial charge in [0, 0.05) is 55.2 Å². The van der Waals surface area contributed by atoms with Crippen LogP contribution >= 0.6 is 0 Å². The summed E-state index contributed by atoms with van der Waals surface area (Å²) in [7, 11) is 2.17. The van der Waals surface area contributed by atoms with E-state index in [1.54, 1.807) is 6.20 Å². The minimum absolute atomic E-state index is 0.281. The molecule has 9 heteroatoms. The van der Waals surface area contributed by atoms with Crippen molar-refractivity contribution in [1.29, 1.82) is 0 Å². The average Bonchev–Trinajstić information content (AvgIpc) is 3.58. The normalized spacial score (nSPS) is 17.4. The lowest BCUT2D eigenvalue weighted by atomic mass is 9.98. The van der Waals surface area contributed by atoms with Crippen LogP contribution in [0.3, 0.4) is 0 Å². The molecule has 5 aromatic heterocycles. The molecule has 7 rings (SSSR count). The number of H-pyrrole nitrogens is 2. The van der Waals surface area contributed by atoms with Crippen LogP contribution in [0.25, 0.3) is 44.7 Å². The summed E-state index contributed by atoms with van der Waals surface area (Å²) in [4.78, 5) is 22.4. The molecule has 0 radical (unpaired) electrons. The van der Waals surface area contributed by atoms with E-state index in [1.165, 1.54) is 24.9 Å². The summed E-state index contributed by atoms with van der Waals surface area (Å²) < 4.78 is 6.26. The highest BCUT2D eigenvalue weighted by atomic mass is 16.5. The third kappa shape index (κ3) is 4.36. The van der Waals surface area contributed by atoms with Crippen molar-refractivity contribution in [2.75, 3.05) is 38.1 Å². The third-order valence-electron chi connectivity index (χ3n) is 7.88. The molecule has 0 bridgehead atoms. The molecule has 9 nitrogen and oxygen atoms in total. The Morgan fingerprint density at radius 3 is 2.71 bits per heavy atom. The predicted molar refractivity (Wildman–Crippen MR) is 149 cm³/mol. The standard InChI is InChI=1S/C29H32N8O/c1-36-11-13-37(14-12-36)26-9-10-31-29-22(26)16-25(33-29)28-27-24(34-35-28)8-7-23(32-27)19-15-21(18-30-17-19)38-20-5-3-2-4-6-20/h7-10,15-18,20H,2-6,11-14H2,1H3,(H,31,33)(H,34,35). The van der Waals surface area contributed by atoms with Gasteiger partial charge in [-0.05, 0) is 63.1 Å². The summed E-state index contributed by atoms with van der Waals surface area (Å²) in [6, 6.07) is 10.3. The maximum atomic E-state index is 6.26. The first kappa shape index (κ1) is 23.2. The van der Waals surface area contributed by atoms with Gasteiger partial charge in [0.2, 0.25) is 0 Å². The lowest BCUT2D eigenvalue weighted by Crippen LogP contribution is -2.44. The molecule has 5 aromatic rings. The van der Waals surface area contributed by atoms with Crippen LogP contribution in [0.5, 0.6) is 5.75 Å². The van der Waals surface area contributed by atoms with Crippen molar-refractivity contribution in [3.05, 3.63) is 48.9 Å². The fourth-order valence-corrected chi connectivity index (χ4v) is 5.71. The Bertz CT molecular complexity index is 1580. The molecule has 2 N–H and O–H groups in total. The van der Waals surface area contributed by atoms with Gasteiger partial charge in [-0.15, -0.1) is 0 Å². The molecule has 1 aliphatic carbocycles. The van der Waals surface area contributed by atoms with Gasteiger partial charge in [-0.2, -0.15) is 5.10 Å². The Morgan fingerprint density at radius 1 is 0.974 bits per heavy atom. The summed E-state index contributed by atoms with van der Waals surface area (Å²) in [5, 5.41) is 8.89. The number of pyridine rings is 3. The monoisotopic (exact) mass is 508 g/mol. The number of piperazine rings is 1. The highest BCUT2D eigenvalue weighted by molar-refractivity contribution is 5.97. The third-order valence-corrected chi connectivity index (χ3v) is 7.88. The zero-order chi connectivity index (χ0) is 25.5. The molecule has 6 heterocycles. The second-order valence-electron chi connectivity index (χ2n) is 10.5. The van der Waals surface area contributed by atoms with E-state index in [4.69, 9.17) is 9.72 Å². The highest BCUT2D eigenvalue weighted by Crippen LogP contribution is 2.33. The highest BCUT2D eigenvalue weighted by Gasteiger charge is 2.20. The summed E-state index contributed by atoms with van der Waals surface area (Å²) in [6.45, 7) is 4.12. The molecule has 1 saturated carbocycles. The average molecular weight is 509 g/mol. The van der Waals surface area contributed by atoms with Crippen LogP contribution in [-0.4, -0.2) is 74.4 Å². The first-order valence-electron chi connectivity index (χ1n) is 13.6. The van der Waals surface area contributed by atoms with Crippen LogP contribution < -0.4 is 9.64 Å². The van der Waals surface area contributed by atoms with Crippen LogP contribution in [-0.2, 0) is 0 Å². The predicted octanol–water partition coefficient (Wildman–Crippen LogP) is 5.03. The quantitative estimate of drug-likeness (QED) is 0.344.